The highest BCUT2D eigenvalue weighted by atomic mass is 16.4. The van der Waals surface area contributed by atoms with Gasteiger partial charge in [-0.25, -0.2) is 0 Å². The maximum Gasteiger partial charge on any atom is 0.310 e. The van der Waals surface area contributed by atoms with E-state index in [1.165, 1.54) is 0 Å². The van der Waals surface area contributed by atoms with Crippen molar-refractivity contribution in [1.29, 1.82) is 0 Å². The van der Waals surface area contributed by atoms with Crippen molar-refractivity contribution in [2.45, 2.75) is 32.7 Å². The molecule has 0 atom stereocenters. The monoisotopic (exact) mass is 228 g/mol. The first kappa shape index (κ1) is 13.5. The largest absolute Gasteiger partial charge is 0.481 e. The summed E-state index contributed by atoms with van der Waals surface area (Å²) in [5.41, 5.74) is -0.655. The van der Waals surface area contributed by atoms with Gasteiger partial charge in [0.2, 0.25) is 0 Å². The third-order valence-corrected chi connectivity index (χ3v) is 3.54. The predicted octanol–water partition coefficient (Wildman–Crippen LogP) is 1.12. The van der Waals surface area contributed by atoms with Crippen LogP contribution in [0.2, 0.25) is 0 Å². The van der Waals surface area contributed by atoms with Gasteiger partial charge in [-0.2, -0.15) is 0 Å². The highest BCUT2D eigenvalue weighted by Crippen LogP contribution is 2.21. The summed E-state index contributed by atoms with van der Waals surface area (Å²) in [5.74, 6) is -0.715. The van der Waals surface area contributed by atoms with Gasteiger partial charge in [0.05, 0.1) is 5.41 Å². The van der Waals surface area contributed by atoms with Gasteiger partial charge >= 0.3 is 5.97 Å². The zero-order chi connectivity index (χ0) is 12.3. The van der Waals surface area contributed by atoms with Crippen molar-refractivity contribution in [3.8, 4) is 0 Å². The normalized spacial score (nSPS) is 20.3. The second-order valence-corrected chi connectivity index (χ2v) is 5.64. The minimum absolute atomic E-state index is 0.537. The fraction of sp³-hybridized carbons (Fsp3) is 0.917. The number of likely N-dealkylation sites (tertiary alicyclic amines) is 1. The molecule has 0 bridgehead atoms. The number of carboxylic acid groups (broad SMARTS) is 1. The van der Waals surface area contributed by atoms with Gasteiger partial charge in [-0.3, -0.25) is 4.79 Å². The van der Waals surface area contributed by atoms with Crippen molar-refractivity contribution in [2.24, 2.45) is 5.41 Å². The van der Waals surface area contributed by atoms with Crippen LogP contribution in [0.3, 0.4) is 0 Å². The second kappa shape index (κ2) is 5.15. The van der Waals surface area contributed by atoms with Crippen LogP contribution in [0.15, 0.2) is 0 Å². The Labute approximate surface area is 98.2 Å². The molecule has 1 rings (SSSR count). The molecule has 4 heteroatoms. The van der Waals surface area contributed by atoms with Crippen molar-refractivity contribution >= 4 is 5.97 Å². The van der Waals surface area contributed by atoms with Crippen LogP contribution < -0.4 is 0 Å². The summed E-state index contributed by atoms with van der Waals surface area (Å²) >= 11 is 0. The van der Waals surface area contributed by atoms with Crippen molar-refractivity contribution in [3.63, 3.8) is 0 Å². The lowest BCUT2D eigenvalue weighted by molar-refractivity contribution is -0.148. The number of aliphatic carboxylic acids is 1. The zero-order valence-electron chi connectivity index (χ0n) is 10.9. The average molecular weight is 228 g/mol. The summed E-state index contributed by atoms with van der Waals surface area (Å²) in [6.07, 6.45) is 2.28. The Morgan fingerprint density at radius 3 is 2.38 bits per heavy atom. The summed E-state index contributed by atoms with van der Waals surface area (Å²) in [6, 6.07) is 0.537. The smallest absolute Gasteiger partial charge is 0.310 e. The van der Waals surface area contributed by atoms with E-state index in [1.54, 1.807) is 13.8 Å². The van der Waals surface area contributed by atoms with Crippen LogP contribution in [0.5, 0.6) is 0 Å². The molecule has 0 unspecified atom stereocenters. The second-order valence-electron chi connectivity index (χ2n) is 5.64. The summed E-state index contributed by atoms with van der Waals surface area (Å²) in [4.78, 5) is 15.6. The SMILES string of the molecule is CN1CCC(N(C)CC(C)(C)C(=O)O)CC1. The van der Waals surface area contributed by atoms with Crippen LogP contribution in [-0.4, -0.2) is 60.6 Å². The molecule has 0 aromatic carbocycles. The van der Waals surface area contributed by atoms with Gasteiger partial charge in [-0.15, -0.1) is 0 Å². The third-order valence-electron chi connectivity index (χ3n) is 3.54. The lowest BCUT2D eigenvalue weighted by atomic mass is 9.91. The molecule has 1 aliphatic heterocycles. The molecule has 16 heavy (non-hydrogen) atoms. The van der Waals surface area contributed by atoms with Gasteiger partial charge in [0, 0.05) is 12.6 Å². The Kier molecular flexibility index (Phi) is 4.33. The van der Waals surface area contributed by atoms with E-state index in [1.807, 2.05) is 7.05 Å². The number of carboxylic acids is 1. The molecule has 0 amide bonds. The fourth-order valence-corrected chi connectivity index (χ4v) is 2.26. The van der Waals surface area contributed by atoms with Gasteiger partial charge in [-0.1, -0.05) is 0 Å². The van der Waals surface area contributed by atoms with Crippen LogP contribution >= 0.6 is 0 Å². The molecule has 0 spiro atoms. The first-order chi connectivity index (χ1) is 7.33. The Hall–Kier alpha value is -0.610. The van der Waals surface area contributed by atoms with Gasteiger partial charge in [0.1, 0.15) is 0 Å². The quantitative estimate of drug-likeness (QED) is 0.783. The van der Waals surface area contributed by atoms with Crippen molar-refractivity contribution < 1.29 is 9.90 Å². The maximum atomic E-state index is 11.1. The topological polar surface area (TPSA) is 43.8 Å². The molecule has 0 saturated carbocycles. The molecule has 1 saturated heterocycles. The van der Waals surface area contributed by atoms with Crippen LogP contribution in [0.25, 0.3) is 0 Å². The number of nitrogens with zero attached hydrogens (tertiary/aromatic N) is 2. The zero-order valence-corrected chi connectivity index (χ0v) is 10.9. The summed E-state index contributed by atoms with van der Waals surface area (Å²) in [6.45, 7) is 6.43. The van der Waals surface area contributed by atoms with E-state index < -0.39 is 11.4 Å². The van der Waals surface area contributed by atoms with Crippen LogP contribution in [0, 0.1) is 5.41 Å². The minimum atomic E-state index is -0.715. The predicted molar refractivity (Wildman–Crippen MR) is 64.6 cm³/mol. The van der Waals surface area contributed by atoms with E-state index in [0.29, 0.717) is 12.6 Å². The van der Waals surface area contributed by atoms with Gasteiger partial charge < -0.3 is 14.9 Å². The molecule has 94 valence electrons. The Morgan fingerprint density at radius 2 is 1.94 bits per heavy atom. The molecule has 0 radical (unpaired) electrons. The Balaban J connectivity index is 2.46. The number of rotatable bonds is 4. The lowest BCUT2D eigenvalue weighted by Crippen LogP contribution is -2.46. The van der Waals surface area contributed by atoms with E-state index >= 15 is 0 Å². The van der Waals surface area contributed by atoms with Crippen molar-refractivity contribution in [1.82, 2.24) is 9.80 Å². The summed E-state index contributed by atoms with van der Waals surface area (Å²) < 4.78 is 0. The fourth-order valence-electron chi connectivity index (χ4n) is 2.26. The molecule has 1 aliphatic rings. The highest BCUT2D eigenvalue weighted by molar-refractivity contribution is 5.73. The van der Waals surface area contributed by atoms with Crippen LogP contribution in [0.4, 0.5) is 0 Å². The van der Waals surface area contributed by atoms with E-state index in [-0.39, 0.29) is 0 Å². The number of hydrogen-bond donors (Lipinski definition) is 1. The molecule has 1 fully saturated rings. The minimum Gasteiger partial charge on any atom is -0.481 e. The van der Waals surface area contributed by atoms with Gasteiger partial charge in [0.25, 0.3) is 0 Å². The van der Waals surface area contributed by atoms with E-state index in [9.17, 15) is 4.79 Å². The molecule has 0 aliphatic carbocycles. The summed E-state index contributed by atoms with van der Waals surface area (Å²) in [5, 5.41) is 9.10. The molecule has 0 aromatic heterocycles. The molecule has 1 N–H and O–H groups in total. The molecule has 4 nitrogen and oxygen atoms in total. The molecular formula is C12H24N2O2. The average Bonchev–Trinajstić information content (AvgIpc) is 2.17. The van der Waals surface area contributed by atoms with E-state index in [4.69, 9.17) is 5.11 Å². The summed E-state index contributed by atoms with van der Waals surface area (Å²) in [7, 11) is 4.18. The number of piperidine rings is 1. The van der Waals surface area contributed by atoms with Crippen molar-refractivity contribution in [3.05, 3.63) is 0 Å². The van der Waals surface area contributed by atoms with E-state index in [2.05, 4.69) is 16.8 Å². The number of carbonyl (C=O) groups is 1. The van der Waals surface area contributed by atoms with E-state index in [0.717, 1.165) is 25.9 Å². The highest BCUT2D eigenvalue weighted by Gasteiger charge is 2.31. The number of hydrogen-bond acceptors (Lipinski definition) is 3. The van der Waals surface area contributed by atoms with Crippen molar-refractivity contribution in [2.75, 3.05) is 33.7 Å². The van der Waals surface area contributed by atoms with Crippen LogP contribution in [0.1, 0.15) is 26.7 Å². The van der Waals surface area contributed by atoms with Gasteiger partial charge in [-0.05, 0) is 53.9 Å². The third kappa shape index (κ3) is 3.46. The maximum absolute atomic E-state index is 11.1. The molecular weight excluding hydrogens is 204 g/mol. The standard InChI is InChI=1S/C12H24N2O2/c1-12(2,11(15)16)9-14(4)10-5-7-13(3)8-6-10/h10H,5-9H2,1-4H3,(H,15,16). The Bertz CT molecular complexity index is 245. The van der Waals surface area contributed by atoms with Gasteiger partial charge in [0.15, 0.2) is 0 Å². The lowest BCUT2D eigenvalue weighted by Gasteiger charge is -2.37. The first-order valence-electron chi connectivity index (χ1n) is 5.95. The first-order valence-corrected chi connectivity index (χ1v) is 5.95. The molecule has 0 aromatic rings. The Morgan fingerprint density at radius 1 is 1.44 bits per heavy atom. The van der Waals surface area contributed by atoms with Crippen LogP contribution in [-0.2, 0) is 4.79 Å². The molecule has 1 heterocycles.